The second kappa shape index (κ2) is 13.3. The van der Waals surface area contributed by atoms with Crippen LogP contribution in [-0.4, -0.2) is 57.6 Å². The zero-order chi connectivity index (χ0) is 26.9. The molecule has 0 fully saturated rings. The van der Waals surface area contributed by atoms with E-state index in [4.69, 9.17) is 4.74 Å². The van der Waals surface area contributed by atoms with Gasteiger partial charge in [-0.05, 0) is 74.6 Å². The van der Waals surface area contributed by atoms with Gasteiger partial charge in [0.05, 0.1) is 19.1 Å². The smallest absolute Gasteiger partial charge is 0.242 e. The number of hydrogen-bond donors (Lipinski definition) is 1. The van der Waals surface area contributed by atoms with Crippen LogP contribution in [0.4, 0.5) is 5.69 Å². The maximum atomic E-state index is 13.3. The summed E-state index contributed by atoms with van der Waals surface area (Å²) in [4.78, 5) is 27.5. The van der Waals surface area contributed by atoms with E-state index < -0.39 is 16.1 Å². The molecule has 0 aliphatic heterocycles. The van der Waals surface area contributed by atoms with E-state index in [1.807, 2.05) is 57.2 Å². The van der Waals surface area contributed by atoms with E-state index in [9.17, 15) is 18.0 Å². The van der Waals surface area contributed by atoms with Crippen LogP contribution in [-0.2, 0) is 26.2 Å². The number of amides is 2. The molecule has 0 bridgehead atoms. The zero-order valence-electron chi connectivity index (χ0n) is 22.2. The molecule has 0 heterocycles. The van der Waals surface area contributed by atoms with Crippen LogP contribution >= 0.6 is 0 Å². The summed E-state index contributed by atoms with van der Waals surface area (Å²) >= 11 is 0. The van der Waals surface area contributed by atoms with E-state index in [1.165, 1.54) is 10.6 Å². The van der Waals surface area contributed by atoms with E-state index in [0.29, 0.717) is 24.4 Å². The molecule has 2 aromatic carbocycles. The van der Waals surface area contributed by atoms with E-state index in [-0.39, 0.29) is 31.3 Å². The Bertz CT molecular complexity index is 1130. The summed E-state index contributed by atoms with van der Waals surface area (Å²) in [7, 11) is -1.94. The van der Waals surface area contributed by atoms with E-state index in [2.05, 4.69) is 5.32 Å². The third kappa shape index (κ3) is 8.26. The highest BCUT2D eigenvalue weighted by atomic mass is 32.2. The summed E-state index contributed by atoms with van der Waals surface area (Å²) in [6.45, 7) is 8.55. The predicted octanol–water partition coefficient (Wildman–Crippen LogP) is 3.80. The Morgan fingerprint density at radius 1 is 1.06 bits per heavy atom. The van der Waals surface area contributed by atoms with Crippen molar-refractivity contribution in [3.05, 3.63) is 59.2 Å². The standard InChI is InChI=1S/C27H39N3O5S/c1-7-16-28-27(32)22(4)29(19-23-11-14-25(35-5)15-12-23)26(31)9-8-17-30(36(6,33)34)24-13-10-20(2)21(3)18-24/h10-15,18,22H,7-9,16-17,19H2,1-6H3,(H,28,32)/t22-/m0/s1. The minimum Gasteiger partial charge on any atom is -0.497 e. The number of ether oxygens (including phenoxy) is 1. The third-order valence-electron chi connectivity index (χ3n) is 6.16. The average Bonchev–Trinajstić information content (AvgIpc) is 2.84. The zero-order valence-corrected chi connectivity index (χ0v) is 23.0. The summed E-state index contributed by atoms with van der Waals surface area (Å²) in [5, 5.41) is 2.86. The number of hydrogen-bond acceptors (Lipinski definition) is 5. The van der Waals surface area contributed by atoms with Crippen molar-refractivity contribution in [2.75, 3.05) is 30.8 Å². The van der Waals surface area contributed by atoms with Gasteiger partial charge in [-0.15, -0.1) is 0 Å². The molecule has 0 saturated carbocycles. The lowest BCUT2D eigenvalue weighted by Crippen LogP contribution is -2.47. The molecule has 2 rings (SSSR count). The molecule has 8 nitrogen and oxygen atoms in total. The monoisotopic (exact) mass is 517 g/mol. The van der Waals surface area contributed by atoms with Gasteiger partial charge in [0.15, 0.2) is 0 Å². The SMILES string of the molecule is CCCNC(=O)[C@H](C)N(Cc1ccc(OC)cc1)C(=O)CCCN(c1ccc(C)c(C)c1)S(C)(=O)=O. The highest BCUT2D eigenvalue weighted by molar-refractivity contribution is 7.92. The van der Waals surface area contributed by atoms with Crippen molar-refractivity contribution in [3.63, 3.8) is 0 Å². The third-order valence-corrected chi connectivity index (χ3v) is 7.35. The number of methoxy groups -OCH3 is 1. The highest BCUT2D eigenvalue weighted by Crippen LogP contribution is 2.22. The van der Waals surface area contributed by atoms with Crippen LogP contribution in [0.15, 0.2) is 42.5 Å². The first-order chi connectivity index (χ1) is 17.0. The van der Waals surface area contributed by atoms with Crippen LogP contribution in [0.3, 0.4) is 0 Å². The summed E-state index contributed by atoms with van der Waals surface area (Å²) in [5.74, 6) is 0.280. The molecular weight excluding hydrogens is 478 g/mol. The second-order valence-electron chi connectivity index (χ2n) is 9.04. The van der Waals surface area contributed by atoms with Gasteiger partial charge in [0.1, 0.15) is 11.8 Å². The lowest BCUT2D eigenvalue weighted by atomic mass is 10.1. The van der Waals surface area contributed by atoms with Crippen molar-refractivity contribution in [1.82, 2.24) is 10.2 Å². The lowest BCUT2D eigenvalue weighted by Gasteiger charge is -2.29. The number of nitrogens with zero attached hydrogens (tertiary/aromatic N) is 2. The van der Waals surface area contributed by atoms with Gasteiger partial charge < -0.3 is 15.0 Å². The molecule has 0 radical (unpaired) electrons. The number of rotatable bonds is 13. The Hall–Kier alpha value is -3.07. The number of aryl methyl sites for hydroxylation is 2. The molecule has 0 spiro atoms. The number of sulfonamides is 1. The Kier molecular flexibility index (Phi) is 10.8. The van der Waals surface area contributed by atoms with Crippen LogP contribution in [0, 0.1) is 13.8 Å². The minimum atomic E-state index is -3.53. The minimum absolute atomic E-state index is 0.110. The van der Waals surface area contributed by atoms with Crippen molar-refractivity contribution < 1.29 is 22.7 Å². The van der Waals surface area contributed by atoms with Crippen LogP contribution < -0.4 is 14.4 Å². The van der Waals surface area contributed by atoms with E-state index in [0.717, 1.165) is 23.1 Å². The molecule has 1 atom stereocenters. The quantitative estimate of drug-likeness (QED) is 0.436. The van der Waals surface area contributed by atoms with Gasteiger partial charge >= 0.3 is 0 Å². The largest absolute Gasteiger partial charge is 0.497 e. The number of anilines is 1. The fourth-order valence-electron chi connectivity index (χ4n) is 3.79. The topological polar surface area (TPSA) is 96.0 Å². The van der Waals surface area contributed by atoms with Gasteiger partial charge in [-0.1, -0.05) is 25.1 Å². The first kappa shape index (κ1) is 29.2. The number of nitrogens with one attached hydrogen (secondary N) is 1. The molecule has 0 aliphatic rings. The second-order valence-corrected chi connectivity index (χ2v) is 11.0. The van der Waals surface area contributed by atoms with Crippen molar-refractivity contribution in [2.24, 2.45) is 0 Å². The lowest BCUT2D eigenvalue weighted by molar-refractivity contribution is -0.140. The Labute approximate surface area is 215 Å². The van der Waals surface area contributed by atoms with Gasteiger partial charge in [0, 0.05) is 26.1 Å². The van der Waals surface area contributed by atoms with Gasteiger partial charge in [-0.25, -0.2) is 8.42 Å². The van der Waals surface area contributed by atoms with Crippen LogP contribution in [0.1, 0.15) is 49.8 Å². The molecule has 2 aromatic rings. The van der Waals surface area contributed by atoms with Crippen molar-refractivity contribution >= 4 is 27.5 Å². The average molecular weight is 518 g/mol. The van der Waals surface area contributed by atoms with Gasteiger partial charge in [0.2, 0.25) is 21.8 Å². The molecule has 0 unspecified atom stereocenters. The van der Waals surface area contributed by atoms with Gasteiger partial charge in [-0.3, -0.25) is 13.9 Å². The highest BCUT2D eigenvalue weighted by Gasteiger charge is 2.26. The molecule has 0 saturated heterocycles. The van der Waals surface area contributed by atoms with Gasteiger partial charge in [0.25, 0.3) is 0 Å². The molecule has 1 N–H and O–H groups in total. The summed E-state index contributed by atoms with van der Waals surface area (Å²) in [6, 6.07) is 12.2. The normalized spacial score (nSPS) is 12.1. The molecule has 0 aromatic heterocycles. The number of benzene rings is 2. The summed E-state index contributed by atoms with van der Waals surface area (Å²) in [6.07, 6.45) is 2.39. The van der Waals surface area contributed by atoms with E-state index in [1.54, 1.807) is 25.0 Å². The molecule has 9 heteroatoms. The molecule has 2 amide bonds. The maximum absolute atomic E-state index is 13.3. The van der Waals surface area contributed by atoms with E-state index >= 15 is 0 Å². The predicted molar refractivity (Wildman–Crippen MR) is 144 cm³/mol. The molecule has 0 aliphatic carbocycles. The maximum Gasteiger partial charge on any atom is 0.242 e. The Balaban J connectivity index is 2.17. The first-order valence-corrected chi connectivity index (χ1v) is 14.1. The summed E-state index contributed by atoms with van der Waals surface area (Å²) in [5.41, 5.74) is 3.52. The van der Waals surface area contributed by atoms with Crippen LogP contribution in [0.25, 0.3) is 0 Å². The molecule has 198 valence electrons. The Morgan fingerprint density at radius 3 is 2.28 bits per heavy atom. The van der Waals surface area contributed by atoms with Crippen molar-refractivity contribution in [2.45, 2.75) is 59.5 Å². The summed E-state index contributed by atoms with van der Waals surface area (Å²) < 4.78 is 31.5. The Morgan fingerprint density at radius 2 is 1.72 bits per heavy atom. The van der Waals surface area contributed by atoms with Crippen molar-refractivity contribution in [1.29, 1.82) is 0 Å². The number of carbonyl (C=O) groups is 2. The van der Waals surface area contributed by atoms with Gasteiger partial charge in [-0.2, -0.15) is 0 Å². The first-order valence-electron chi connectivity index (χ1n) is 12.2. The molecular formula is C27H39N3O5S. The van der Waals surface area contributed by atoms with Crippen molar-refractivity contribution in [3.8, 4) is 5.75 Å². The van der Waals surface area contributed by atoms with Crippen LogP contribution in [0.5, 0.6) is 5.75 Å². The van der Waals surface area contributed by atoms with Crippen LogP contribution in [0.2, 0.25) is 0 Å². The fraction of sp³-hybridized carbons (Fsp3) is 0.481. The molecule has 36 heavy (non-hydrogen) atoms. The number of carbonyl (C=O) groups excluding carboxylic acids is 2. The fourth-order valence-corrected chi connectivity index (χ4v) is 4.75.